The Hall–Kier alpha value is -1.59. The van der Waals surface area contributed by atoms with Gasteiger partial charge in [-0.25, -0.2) is 0 Å². The minimum Gasteiger partial charge on any atom is -0.409 e. The van der Waals surface area contributed by atoms with Crippen LogP contribution in [0.2, 0.25) is 0 Å². The number of amidine groups is 1. The van der Waals surface area contributed by atoms with Crippen LogP contribution in [0, 0.1) is 0 Å². The predicted octanol–water partition coefficient (Wildman–Crippen LogP) is 0.738. The molecule has 2 rings (SSSR count). The van der Waals surface area contributed by atoms with Gasteiger partial charge in [-0.3, -0.25) is 4.90 Å². The largest absolute Gasteiger partial charge is 0.409 e. The summed E-state index contributed by atoms with van der Waals surface area (Å²) in [4.78, 5) is 2.29. The van der Waals surface area contributed by atoms with Crippen molar-refractivity contribution in [1.82, 2.24) is 4.90 Å². The Morgan fingerprint density at radius 3 is 2.72 bits per heavy atom. The highest BCUT2D eigenvalue weighted by Crippen LogP contribution is 2.19. The topological polar surface area (TPSA) is 82.1 Å². The molecule has 0 aromatic heterocycles. The van der Waals surface area contributed by atoms with E-state index in [1.807, 2.05) is 24.3 Å². The van der Waals surface area contributed by atoms with E-state index in [1.165, 1.54) is 5.56 Å². The van der Waals surface area contributed by atoms with Crippen LogP contribution in [0.1, 0.15) is 24.0 Å². The predicted molar refractivity (Wildman–Crippen MR) is 69.5 cm³/mol. The highest BCUT2D eigenvalue weighted by molar-refractivity contribution is 5.96. The first-order valence-electron chi connectivity index (χ1n) is 6.16. The summed E-state index contributed by atoms with van der Waals surface area (Å²) in [5.41, 5.74) is 7.39. The number of likely N-dealkylation sites (tertiary alicyclic amines) is 1. The molecule has 1 atom stereocenters. The van der Waals surface area contributed by atoms with Crippen LogP contribution in [0.3, 0.4) is 0 Å². The summed E-state index contributed by atoms with van der Waals surface area (Å²) >= 11 is 0. The van der Waals surface area contributed by atoms with Crippen LogP contribution in [0.5, 0.6) is 0 Å². The zero-order valence-corrected chi connectivity index (χ0v) is 10.3. The van der Waals surface area contributed by atoms with Crippen molar-refractivity contribution in [2.45, 2.75) is 25.4 Å². The summed E-state index contributed by atoms with van der Waals surface area (Å²) in [6.07, 6.45) is 2.21. The molecule has 98 valence electrons. The summed E-state index contributed by atoms with van der Waals surface area (Å²) in [5.74, 6) is 0.121. The molecule has 5 nitrogen and oxygen atoms in total. The van der Waals surface area contributed by atoms with Gasteiger partial charge >= 0.3 is 0 Å². The fourth-order valence-corrected chi connectivity index (χ4v) is 2.38. The van der Waals surface area contributed by atoms with Crippen molar-refractivity contribution in [1.29, 1.82) is 0 Å². The molecule has 0 bridgehead atoms. The number of nitrogens with zero attached hydrogens (tertiary/aromatic N) is 2. The van der Waals surface area contributed by atoms with E-state index in [0.717, 1.165) is 25.9 Å². The highest BCUT2D eigenvalue weighted by Gasteiger charge is 2.23. The average molecular weight is 249 g/mol. The molecule has 1 fully saturated rings. The van der Waals surface area contributed by atoms with Crippen molar-refractivity contribution in [2.75, 3.05) is 13.2 Å². The van der Waals surface area contributed by atoms with Gasteiger partial charge in [-0.05, 0) is 24.9 Å². The molecule has 0 aliphatic carbocycles. The molecule has 1 aromatic rings. The maximum Gasteiger partial charge on any atom is 0.170 e. The minimum atomic E-state index is 0.121. The SMILES string of the molecule is N/C(=N/O)c1ccc(CN2CCCC2CO)cc1. The number of benzene rings is 1. The summed E-state index contributed by atoms with van der Waals surface area (Å²) < 4.78 is 0. The van der Waals surface area contributed by atoms with E-state index in [1.54, 1.807) is 0 Å². The van der Waals surface area contributed by atoms with Gasteiger partial charge in [-0.1, -0.05) is 29.4 Å². The van der Waals surface area contributed by atoms with Gasteiger partial charge in [-0.15, -0.1) is 0 Å². The third-order valence-electron chi connectivity index (χ3n) is 3.45. The Kier molecular flexibility index (Phi) is 4.17. The van der Waals surface area contributed by atoms with Crippen molar-refractivity contribution >= 4 is 5.84 Å². The van der Waals surface area contributed by atoms with Crippen molar-refractivity contribution in [2.24, 2.45) is 10.9 Å². The first kappa shape index (κ1) is 12.9. The Labute approximate surface area is 107 Å². The molecule has 1 unspecified atom stereocenters. The van der Waals surface area contributed by atoms with E-state index in [9.17, 15) is 5.11 Å². The van der Waals surface area contributed by atoms with E-state index in [-0.39, 0.29) is 18.5 Å². The van der Waals surface area contributed by atoms with Crippen LogP contribution in [0.25, 0.3) is 0 Å². The molecule has 0 radical (unpaired) electrons. The lowest BCUT2D eigenvalue weighted by molar-refractivity contribution is 0.153. The zero-order chi connectivity index (χ0) is 13.0. The van der Waals surface area contributed by atoms with E-state index in [4.69, 9.17) is 10.9 Å². The maximum absolute atomic E-state index is 9.26. The maximum atomic E-state index is 9.26. The average Bonchev–Trinajstić information content (AvgIpc) is 2.86. The van der Waals surface area contributed by atoms with Crippen LogP contribution in [-0.4, -0.2) is 40.2 Å². The number of aliphatic hydroxyl groups is 1. The molecule has 1 saturated heterocycles. The number of hydrogen-bond donors (Lipinski definition) is 3. The van der Waals surface area contributed by atoms with Crippen molar-refractivity contribution in [3.8, 4) is 0 Å². The molecule has 0 spiro atoms. The van der Waals surface area contributed by atoms with Crippen LogP contribution >= 0.6 is 0 Å². The second-order valence-electron chi connectivity index (χ2n) is 4.63. The fourth-order valence-electron chi connectivity index (χ4n) is 2.38. The Morgan fingerprint density at radius 1 is 1.39 bits per heavy atom. The van der Waals surface area contributed by atoms with Crippen molar-refractivity contribution in [3.05, 3.63) is 35.4 Å². The normalized spacial score (nSPS) is 21.4. The molecular formula is C13H19N3O2. The monoisotopic (exact) mass is 249 g/mol. The van der Waals surface area contributed by atoms with Crippen LogP contribution in [-0.2, 0) is 6.54 Å². The molecule has 0 saturated carbocycles. The van der Waals surface area contributed by atoms with Gasteiger partial charge in [0.1, 0.15) is 0 Å². The number of hydrogen-bond acceptors (Lipinski definition) is 4. The second-order valence-corrected chi connectivity index (χ2v) is 4.63. The smallest absolute Gasteiger partial charge is 0.170 e. The van der Waals surface area contributed by atoms with E-state index in [2.05, 4.69) is 10.1 Å². The first-order chi connectivity index (χ1) is 8.74. The Balaban J connectivity index is 2.02. The minimum absolute atomic E-state index is 0.121. The number of nitrogens with two attached hydrogens (primary N) is 1. The fraction of sp³-hybridized carbons (Fsp3) is 0.462. The van der Waals surface area contributed by atoms with Gasteiger partial charge in [0.25, 0.3) is 0 Å². The van der Waals surface area contributed by atoms with Gasteiger partial charge in [0, 0.05) is 18.2 Å². The van der Waals surface area contributed by atoms with E-state index >= 15 is 0 Å². The first-order valence-corrected chi connectivity index (χ1v) is 6.16. The Bertz CT molecular complexity index is 417. The summed E-state index contributed by atoms with van der Waals surface area (Å²) in [5, 5.41) is 20.8. The second kappa shape index (κ2) is 5.84. The molecule has 1 aliphatic rings. The molecular weight excluding hydrogens is 230 g/mol. The molecule has 4 N–H and O–H groups in total. The van der Waals surface area contributed by atoms with Crippen LogP contribution in [0.4, 0.5) is 0 Å². The molecule has 1 heterocycles. The number of aliphatic hydroxyl groups excluding tert-OH is 1. The van der Waals surface area contributed by atoms with Gasteiger partial charge in [-0.2, -0.15) is 0 Å². The Morgan fingerprint density at radius 2 is 2.11 bits per heavy atom. The lowest BCUT2D eigenvalue weighted by atomic mass is 10.1. The number of rotatable bonds is 4. The third kappa shape index (κ3) is 2.80. The van der Waals surface area contributed by atoms with Gasteiger partial charge < -0.3 is 16.0 Å². The highest BCUT2D eigenvalue weighted by atomic mass is 16.4. The van der Waals surface area contributed by atoms with E-state index in [0.29, 0.717) is 5.56 Å². The molecule has 5 heteroatoms. The van der Waals surface area contributed by atoms with E-state index < -0.39 is 0 Å². The van der Waals surface area contributed by atoms with Crippen LogP contribution < -0.4 is 5.73 Å². The summed E-state index contributed by atoms with van der Waals surface area (Å²) in [7, 11) is 0. The lowest BCUT2D eigenvalue weighted by Crippen LogP contribution is -2.31. The molecule has 1 aliphatic heterocycles. The number of oxime groups is 1. The molecule has 1 aromatic carbocycles. The molecule has 18 heavy (non-hydrogen) atoms. The molecule has 0 amide bonds. The third-order valence-corrected chi connectivity index (χ3v) is 3.45. The van der Waals surface area contributed by atoms with Gasteiger partial charge in [0.15, 0.2) is 5.84 Å². The summed E-state index contributed by atoms with van der Waals surface area (Å²) in [6, 6.07) is 7.91. The standard InChI is InChI=1S/C13H19N3O2/c14-13(15-18)11-5-3-10(4-6-11)8-16-7-1-2-12(16)9-17/h3-6,12,17-18H,1-2,7-9H2,(H2,14,15). The van der Waals surface area contributed by atoms with Gasteiger partial charge in [0.05, 0.1) is 6.61 Å². The van der Waals surface area contributed by atoms with Crippen molar-refractivity contribution in [3.63, 3.8) is 0 Å². The van der Waals surface area contributed by atoms with Crippen LogP contribution in [0.15, 0.2) is 29.4 Å². The quantitative estimate of drug-likeness (QED) is 0.318. The summed E-state index contributed by atoms with van der Waals surface area (Å²) in [6.45, 7) is 2.09. The zero-order valence-electron chi connectivity index (χ0n) is 10.3. The lowest BCUT2D eigenvalue weighted by Gasteiger charge is -2.22. The van der Waals surface area contributed by atoms with Gasteiger partial charge in [0.2, 0.25) is 0 Å². The van der Waals surface area contributed by atoms with Crippen molar-refractivity contribution < 1.29 is 10.3 Å².